The number of fused-ring (bicyclic) bond motifs is 1. The lowest BCUT2D eigenvalue weighted by molar-refractivity contribution is -0.329. The predicted molar refractivity (Wildman–Crippen MR) is 136 cm³/mol. The molecule has 16 heteroatoms. The van der Waals surface area contributed by atoms with Gasteiger partial charge in [-0.25, -0.2) is 0 Å². The summed E-state index contributed by atoms with van der Waals surface area (Å²) in [4.78, 5) is 12.8. The third kappa shape index (κ3) is 5.08. The summed E-state index contributed by atoms with van der Waals surface area (Å²) in [5.74, 6) is -3.14. The van der Waals surface area contributed by atoms with Gasteiger partial charge in [0.05, 0.1) is 19.8 Å². The lowest BCUT2D eigenvalue weighted by Gasteiger charge is -2.42. The Morgan fingerprint density at radius 1 is 0.905 bits per heavy atom. The van der Waals surface area contributed by atoms with E-state index in [-0.39, 0.29) is 11.3 Å². The number of phenolic OH excluding ortho intramolecular Hbond substituents is 4. The van der Waals surface area contributed by atoms with Crippen LogP contribution in [0.5, 0.6) is 28.7 Å². The van der Waals surface area contributed by atoms with E-state index in [9.17, 15) is 55.9 Å². The first-order valence-corrected chi connectivity index (χ1v) is 12.5. The number of benzene rings is 2. The van der Waals surface area contributed by atoms with E-state index >= 15 is 0 Å². The van der Waals surface area contributed by atoms with Gasteiger partial charge in [0.2, 0.25) is 12.0 Å². The smallest absolute Gasteiger partial charge is 0.229 e. The molecule has 2 aliphatic rings. The Bertz CT molecular complexity index is 1520. The van der Waals surface area contributed by atoms with Crippen LogP contribution in [0.2, 0.25) is 0 Å². The molecular formula is C26H28O16. The van der Waals surface area contributed by atoms with Crippen LogP contribution < -0.4 is 10.2 Å². The van der Waals surface area contributed by atoms with Crippen LogP contribution in [-0.4, -0.2) is 120 Å². The number of aromatic hydroxyl groups is 4. The average Bonchev–Trinajstić information content (AvgIpc) is 3.27. The number of aliphatic hydroxyl groups is 6. The van der Waals surface area contributed by atoms with Crippen LogP contribution in [0, 0.1) is 0 Å². The van der Waals surface area contributed by atoms with Gasteiger partial charge in [-0.3, -0.25) is 4.79 Å². The van der Waals surface area contributed by atoms with E-state index in [1.807, 2.05) is 0 Å². The lowest BCUT2D eigenvalue weighted by atomic mass is 9.98. The number of phenols is 4. The van der Waals surface area contributed by atoms with Crippen molar-refractivity contribution >= 4 is 11.0 Å². The monoisotopic (exact) mass is 596 g/mol. The molecule has 16 nitrogen and oxygen atoms in total. The van der Waals surface area contributed by atoms with Gasteiger partial charge in [-0.15, -0.1) is 0 Å². The number of ether oxygens (including phenoxy) is 4. The molecule has 0 saturated carbocycles. The molecule has 3 aromatic rings. The molecule has 1 aromatic heterocycles. The minimum Gasteiger partial charge on any atom is -0.507 e. The van der Waals surface area contributed by atoms with Gasteiger partial charge < -0.3 is 74.4 Å². The SMILES string of the molecule is O=c1cc(-c2ccc(O)c(O)c2)oc2c(O)c(O[C@H]3OC[C@](O)(CO)[C@H]3O[C@@H]3O[C@H](CO)[C@H](O)[C@H](O)[C@H]3O)cc(O)c12. The van der Waals surface area contributed by atoms with Gasteiger partial charge in [0.1, 0.15) is 46.9 Å². The highest BCUT2D eigenvalue weighted by atomic mass is 16.8. The zero-order valence-electron chi connectivity index (χ0n) is 21.5. The molecule has 0 radical (unpaired) electrons. The summed E-state index contributed by atoms with van der Waals surface area (Å²) < 4.78 is 27.6. The molecule has 228 valence electrons. The van der Waals surface area contributed by atoms with E-state index < -0.39 is 114 Å². The second-order valence-corrected chi connectivity index (χ2v) is 9.94. The van der Waals surface area contributed by atoms with Crippen molar-refractivity contribution in [2.24, 2.45) is 0 Å². The first-order valence-electron chi connectivity index (χ1n) is 12.5. The van der Waals surface area contributed by atoms with Crippen molar-refractivity contribution in [3.63, 3.8) is 0 Å². The molecule has 2 saturated heterocycles. The summed E-state index contributed by atoms with van der Waals surface area (Å²) in [6.07, 6.45) is -11.9. The van der Waals surface area contributed by atoms with Gasteiger partial charge >= 0.3 is 0 Å². The van der Waals surface area contributed by atoms with Crippen LogP contribution >= 0.6 is 0 Å². The van der Waals surface area contributed by atoms with E-state index in [1.54, 1.807) is 0 Å². The fourth-order valence-corrected chi connectivity index (χ4v) is 4.71. The number of rotatable bonds is 7. The lowest BCUT2D eigenvalue weighted by Crippen LogP contribution is -2.62. The maximum atomic E-state index is 12.8. The Morgan fingerprint density at radius 3 is 2.31 bits per heavy atom. The molecule has 42 heavy (non-hydrogen) atoms. The van der Waals surface area contributed by atoms with Gasteiger partial charge in [-0.1, -0.05) is 0 Å². The summed E-state index contributed by atoms with van der Waals surface area (Å²) in [5.41, 5.74) is -3.37. The van der Waals surface area contributed by atoms with Crippen molar-refractivity contribution in [3.8, 4) is 40.1 Å². The van der Waals surface area contributed by atoms with Crippen molar-refractivity contribution in [1.82, 2.24) is 0 Å². The highest BCUT2D eigenvalue weighted by molar-refractivity contribution is 5.91. The highest BCUT2D eigenvalue weighted by Crippen LogP contribution is 2.43. The summed E-state index contributed by atoms with van der Waals surface area (Å²) in [7, 11) is 0. The van der Waals surface area contributed by atoms with Gasteiger partial charge in [0, 0.05) is 17.7 Å². The highest BCUT2D eigenvalue weighted by Gasteiger charge is 2.55. The Balaban J connectivity index is 1.49. The van der Waals surface area contributed by atoms with Crippen LogP contribution in [0.25, 0.3) is 22.3 Å². The van der Waals surface area contributed by atoms with Gasteiger partial charge in [-0.05, 0) is 18.2 Å². The predicted octanol–water partition coefficient (Wildman–Crippen LogP) is -2.07. The van der Waals surface area contributed by atoms with Crippen molar-refractivity contribution in [1.29, 1.82) is 0 Å². The van der Waals surface area contributed by atoms with Gasteiger partial charge in [-0.2, -0.15) is 0 Å². The van der Waals surface area contributed by atoms with Gasteiger partial charge in [0.15, 0.2) is 40.7 Å². The molecule has 5 rings (SSSR count). The molecule has 0 amide bonds. The van der Waals surface area contributed by atoms with Crippen LogP contribution in [0.4, 0.5) is 0 Å². The fourth-order valence-electron chi connectivity index (χ4n) is 4.71. The first-order chi connectivity index (χ1) is 19.9. The molecule has 0 spiro atoms. The molecule has 3 heterocycles. The Kier molecular flexibility index (Phi) is 7.92. The van der Waals surface area contributed by atoms with E-state index in [0.29, 0.717) is 0 Å². The van der Waals surface area contributed by atoms with E-state index in [2.05, 4.69) is 0 Å². The molecule has 0 aliphatic carbocycles. The van der Waals surface area contributed by atoms with Crippen molar-refractivity contribution in [2.75, 3.05) is 19.8 Å². The van der Waals surface area contributed by atoms with Crippen molar-refractivity contribution < 1.29 is 74.4 Å². The molecule has 10 N–H and O–H groups in total. The quantitative estimate of drug-likeness (QED) is 0.104. The fraction of sp³-hybridized carbons (Fsp3) is 0.423. The summed E-state index contributed by atoms with van der Waals surface area (Å²) in [5, 5.41) is 101. The van der Waals surface area contributed by atoms with E-state index in [1.165, 1.54) is 6.07 Å². The number of aliphatic hydroxyl groups excluding tert-OH is 5. The van der Waals surface area contributed by atoms with Crippen molar-refractivity contribution in [3.05, 3.63) is 40.6 Å². The zero-order valence-corrected chi connectivity index (χ0v) is 21.5. The summed E-state index contributed by atoms with van der Waals surface area (Å²) >= 11 is 0. The average molecular weight is 596 g/mol. The Morgan fingerprint density at radius 2 is 1.64 bits per heavy atom. The maximum absolute atomic E-state index is 12.8. The third-order valence-electron chi connectivity index (χ3n) is 7.10. The Labute approximate surface area is 235 Å². The van der Waals surface area contributed by atoms with E-state index in [0.717, 1.165) is 24.3 Å². The third-order valence-corrected chi connectivity index (χ3v) is 7.10. The zero-order chi connectivity index (χ0) is 30.5. The van der Waals surface area contributed by atoms with Crippen LogP contribution in [0.3, 0.4) is 0 Å². The van der Waals surface area contributed by atoms with Crippen LogP contribution in [0.15, 0.2) is 39.5 Å². The standard InChI is InChI=1S/C26H28O16/c27-6-16-18(33)20(35)21(36)24(41-16)42-23-25(38-8-26(23,37)7-28)40-15-5-13(32)17-12(31)4-14(39-22(17)19(15)34)9-1-2-10(29)11(30)3-9/h1-5,16,18,20-21,23-25,27-30,32-37H,6-8H2/t16-,18+,20+,21-,23+,24+,25-,26-/m1/s1. The van der Waals surface area contributed by atoms with E-state index in [4.69, 9.17) is 23.4 Å². The van der Waals surface area contributed by atoms with Crippen molar-refractivity contribution in [2.45, 2.75) is 48.7 Å². The molecule has 0 bridgehead atoms. The minimum absolute atomic E-state index is 0.134. The number of hydrogen-bond donors (Lipinski definition) is 10. The minimum atomic E-state index is -2.18. The molecule has 8 atom stereocenters. The molecule has 2 fully saturated rings. The van der Waals surface area contributed by atoms with Crippen LogP contribution in [0.1, 0.15) is 0 Å². The first kappa shape index (κ1) is 29.8. The molecular weight excluding hydrogens is 568 g/mol. The van der Waals surface area contributed by atoms with Gasteiger partial charge in [0.25, 0.3) is 0 Å². The summed E-state index contributed by atoms with van der Waals surface area (Å²) in [6.45, 7) is -2.32. The molecule has 2 aliphatic heterocycles. The second-order valence-electron chi connectivity index (χ2n) is 9.94. The normalized spacial score (nSPS) is 31.4. The Hall–Kier alpha value is -3.71. The number of hydrogen-bond acceptors (Lipinski definition) is 16. The topological polar surface area (TPSA) is 269 Å². The second kappa shape index (κ2) is 11.2. The summed E-state index contributed by atoms with van der Waals surface area (Å²) in [6, 6.07) is 5.39. The molecule has 0 unspecified atom stereocenters. The maximum Gasteiger partial charge on any atom is 0.229 e. The largest absolute Gasteiger partial charge is 0.507 e. The molecule has 2 aromatic carbocycles. The van der Waals surface area contributed by atoms with Crippen LogP contribution in [-0.2, 0) is 14.2 Å².